The highest BCUT2D eigenvalue weighted by Crippen LogP contribution is 2.30. The van der Waals surface area contributed by atoms with E-state index in [2.05, 4.69) is 10.6 Å². The predicted octanol–water partition coefficient (Wildman–Crippen LogP) is 5.86. The molecule has 4 rings (SSSR count). The van der Waals surface area contributed by atoms with Crippen LogP contribution in [0.5, 0.6) is 5.75 Å². The number of amides is 2. The summed E-state index contributed by atoms with van der Waals surface area (Å²) in [6.07, 6.45) is 0. The van der Waals surface area contributed by atoms with Crippen molar-refractivity contribution in [1.29, 1.82) is 0 Å². The second-order valence-corrected chi connectivity index (χ2v) is 6.21. The van der Waals surface area contributed by atoms with Gasteiger partial charge >= 0.3 is 6.03 Å². The second kappa shape index (κ2) is 7.22. The fraction of sp³-hybridized carbons (Fsp3) is 0. The summed E-state index contributed by atoms with van der Waals surface area (Å²) in [5.41, 5.74) is 3.00. The van der Waals surface area contributed by atoms with Gasteiger partial charge in [-0.25, -0.2) is 4.79 Å². The normalized spacial score (nSPS) is 10.5. The quantitative estimate of drug-likeness (QED) is 0.404. The molecule has 4 aromatic carbocycles. The average molecular weight is 354 g/mol. The van der Waals surface area contributed by atoms with E-state index < -0.39 is 6.03 Å². The van der Waals surface area contributed by atoms with Crippen LogP contribution >= 0.6 is 0 Å². The van der Waals surface area contributed by atoms with E-state index in [9.17, 15) is 9.90 Å². The molecule has 0 aliphatic carbocycles. The van der Waals surface area contributed by atoms with Gasteiger partial charge in [-0.1, -0.05) is 72.8 Å². The monoisotopic (exact) mass is 354 g/mol. The Morgan fingerprint density at radius 1 is 0.667 bits per heavy atom. The zero-order valence-electron chi connectivity index (χ0n) is 14.5. The third kappa shape index (κ3) is 3.60. The van der Waals surface area contributed by atoms with Crippen LogP contribution < -0.4 is 10.6 Å². The maximum absolute atomic E-state index is 12.5. The Labute approximate surface area is 157 Å². The van der Waals surface area contributed by atoms with Gasteiger partial charge in [0.15, 0.2) is 0 Å². The highest BCUT2D eigenvalue weighted by atomic mass is 16.3. The minimum Gasteiger partial charge on any atom is -0.506 e. The fourth-order valence-corrected chi connectivity index (χ4v) is 3.07. The van der Waals surface area contributed by atoms with E-state index in [-0.39, 0.29) is 5.75 Å². The first-order valence-corrected chi connectivity index (χ1v) is 8.65. The summed E-state index contributed by atoms with van der Waals surface area (Å²) >= 11 is 0. The molecule has 0 saturated heterocycles. The number of para-hydroxylation sites is 1. The van der Waals surface area contributed by atoms with E-state index in [1.54, 1.807) is 12.1 Å². The number of rotatable bonds is 3. The topological polar surface area (TPSA) is 61.4 Å². The molecule has 0 bridgehead atoms. The largest absolute Gasteiger partial charge is 0.506 e. The van der Waals surface area contributed by atoms with Crippen LogP contribution in [0.25, 0.3) is 21.9 Å². The van der Waals surface area contributed by atoms with E-state index >= 15 is 0 Å². The lowest BCUT2D eigenvalue weighted by molar-refractivity contribution is 0.262. The van der Waals surface area contributed by atoms with Crippen molar-refractivity contribution in [2.45, 2.75) is 0 Å². The first-order chi connectivity index (χ1) is 13.2. The van der Waals surface area contributed by atoms with Gasteiger partial charge < -0.3 is 15.7 Å². The number of nitrogens with one attached hydrogen (secondary N) is 2. The van der Waals surface area contributed by atoms with Crippen molar-refractivity contribution in [2.75, 3.05) is 10.6 Å². The van der Waals surface area contributed by atoms with E-state index in [0.29, 0.717) is 11.4 Å². The summed E-state index contributed by atoms with van der Waals surface area (Å²) in [4.78, 5) is 12.5. The molecule has 0 atom stereocenters. The fourth-order valence-electron chi connectivity index (χ4n) is 3.07. The third-order valence-electron chi connectivity index (χ3n) is 4.37. The molecule has 27 heavy (non-hydrogen) atoms. The Morgan fingerprint density at radius 3 is 2.04 bits per heavy atom. The first-order valence-electron chi connectivity index (χ1n) is 8.65. The number of phenolic OH excluding ortho intramolecular Hbond substituents is 1. The average Bonchev–Trinajstić information content (AvgIpc) is 2.69. The third-order valence-corrected chi connectivity index (χ3v) is 4.37. The van der Waals surface area contributed by atoms with Gasteiger partial charge in [-0.15, -0.1) is 0 Å². The number of benzene rings is 4. The number of carbonyl (C=O) groups is 1. The SMILES string of the molecule is O=C(Nc1cc2ccccc2cc1O)Nc1ccccc1-c1ccccc1. The molecule has 0 unspecified atom stereocenters. The maximum atomic E-state index is 12.5. The molecular formula is C23H18N2O2. The van der Waals surface area contributed by atoms with Gasteiger partial charge in [0, 0.05) is 5.56 Å². The van der Waals surface area contributed by atoms with Crippen molar-refractivity contribution < 1.29 is 9.90 Å². The minimum absolute atomic E-state index is 0.0280. The van der Waals surface area contributed by atoms with Gasteiger partial charge in [-0.05, 0) is 34.5 Å². The molecule has 0 aromatic heterocycles. The molecule has 0 aliphatic rings. The van der Waals surface area contributed by atoms with Crippen LogP contribution in [0.1, 0.15) is 0 Å². The smallest absolute Gasteiger partial charge is 0.323 e. The van der Waals surface area contributed by atoms with E-state index in [0.717, 1.165) is 21.9 Å². The van der Waals surface area contributed by atoms with Crippen molar-refractivity contribution in [3.63, 3.8) is 0 Å². The van der Waals surface area contributed by atoms with Crippen molar-refractivity contribution in [1.82, 2.24) is 0 Å². The molecule has 0 heterocycles. The lowest BCUT2D eigenvalue weighted by Gasteiger charge is -2.13. The Morgan fingerprint density at radius 2 is 1.26 bits per heavy atom. The summed E-state index contributed by atoms with van der Waals surface area (Å²) in [5, 5.41) is 17.7. The molecule has 0 radical (unpaired) electrons. The van der Waals surface area contributed by atoms with Gasteiger partial charge in [0.05, 0.1) is 11.4 Å². The minimum atomic E-state index is -0.413. The molecule has 3 N–H and O–H groups in total. The van der Waals surface area contributed by atoms with Gasteiger partial charge in [0.25, 0.3) is 0 Å². The maximum Gasteiger partial charge on any atom is 0.323 e. The number of hydrogen-bond acceptors (Lipinski definition) is 2. The summed E-state index contributed by atoms with van der Waals surface area (Å²) in [6, 6.07) is 28.1. The first kappa shape index (κ1) is 16.7. The Hall–Kier alpha value is -3.79. The Bertz CT molecular complexity index is 1110. The summed E-state index contributed by atoms with van der Waals surface area (Å²) in [6.45, 7) is 0. The summed E-state index contributed by atoms with van der Waals surface area (Å²) < 4.78 is 0. The van der Waals surface area contributed by atoms with Crippen LogP contribution in [0.15, 0.2) is 91.0 Å². The summed E-state index contributed by atoms with van der Waals surface area (Å²) in [5.74, 6) is 0.0280. The zero-order valence-corrected chi connectivity index (χ0v) is 14.5. The lowest BCUT2D eigenvalue weighted by atomic mass is 10.0. The number of fused-ring (bicyclic) bond motifs is 1. The van der Waals surface area contributed by atoms with Gasteiger partial charge in [-0.2, -0.15) is 0 Å². The number of phenols is 1. The molecule has 132 valence electrons. The summed E-state index contributed by atoms with van der Waals surface area (Å²) in [7, 11) is 0. The molecule has 4 nitrogen and oxygen atoms in total. The van der Waals surface area contributed by atoms with Crippen LogP contribution in [0.3, 0.4) is 0 Å². The van der Waals surface area contributed by atoms with Crippen LogP contribution in [-0.4, -0.2) is 11.1 Å². The number of anilines is 2. The van der Waals surface area contributed by atoms with Crippen molar-refractivity contribution in [3.05, 3.63) is 91.0 Å². The van der Waals surface area contributed by atoms with E-state index in [1.165, 1.54) is 0 Å². The van der Waals surface area contributed by atoms with E-state index in [1.807, 2.05) is 78.9 Å². The lowest BCUT2D eigenvalue weighted by Crippen LogP contribution is -2.19. The predicted molar refractivity (Wildman–Crippen MR) is 110 cm³/mol. The molecule has 0 saturated carbocycles. The van der Waals surface area contributed by atoms with Gasteiger partial charge in [0.2, 0.25) is 0 Å². The van der Waals surface area contributed by atoms with Crippen molar-refractivity contribution in [2.24, 2.45) is 0 Å². The van der Waals surface area contributed by atoms with Gasteiger partial charge in [0.1, 0.15) is 5.75 Å². The molecule has 4 aromatic rings. The highest BCUT2D eigenvalue weighted by molar-refractivity contribution is 6.04. The standard InChI is InChI=1S/C23H18N2O2/c26-22-15-18-11-5-4-10-17(18)14-21(22)25-23(27)24-20-13-7-6-12-19(20)16-8-2-1-3-9-16/h1-15,26H,(H2,24,25,27). The Kier molecular flexibility index (Phi) is 4.45. The molecule has 4 heteroatoms. The van der Waals surface area contributed by atoms with Crippen molar-refractivity contribution >= 4 is 28.2 Å². The highest BCUT2D eigenvalue weighted by Gasteiger charge is 2.11. The number of aromatic hydroxyl groups is 1. The molecule has 0 fully saturated rings. The number of urea groups is 1. The second-order valence-electron chi connectivity index (χ2n) is 6.21. The van der Waals surface area contributed by atoms with Crippen LogP contribution in [0, 0.1) is 0 Å². The molecule has 0 spiro atoms. The zero-order chi connectivity index (χ0) is 18.6. The molecule has 2 amide bonds. The van der Waals surface area contributed by atoms with E-state index in [4.69, 9.17) is 0 Å². The number of hydrogen-bond donors (Lipinski definition) is 3. The van der Waals surface area contributed by atoms with Crippen LogP contribution in [-0.2, 0) is 0 Å². The van der Waals surface area contributed by atoms with Crippen molar-refractivity contribution in [3.8, 4) is 16.9 Å². The van der Waals surface area contributed by atoms with Gasteiger partial charge in [-0.3, -0.25) is 0 Å². The molecule has 0 aliphatic heterocycles. The molecular weight excluding hydrogens is 336 g/mol. The Balaban J connectivity index is 1.58. The van der Waals surface area contributed by atoms with Crippen LogP contribution in [0.2, 0.25) is 0 Å². The number of carbonyl (C=O) groups excluding carboxylic acids is 1. The van der Waals surface area contributed by atoms with Crippen LogP contribution in [0.4, 0.5) is 16.2 Å².